The van der Waals surface area contributed by atoms with Crippen LogP contribution in [0.15, 0.2) is 60.8 Å². The molecule has 3 rings (SSSR count). The molecule has 0 atom stereocenters. The van der Waals surface area contributed by atoms with Crippen molar-refractivity contribution in [3.05, 3.63) is 66.4 Å². The van der Waals surface area contributed by atoms with Crippen molar-refractivity contribution in [1.82, 2.24) is 4.98 Å². The van der Waals surface area contributed by atoms with Crippen molar-refractivity contribution in [3.63, 3.8) is 0 Å². The number of hydrogen-bond donors (Lipinski definition) is 0. The second kappa shape index (κ2) is 4.65. The molecule has 0 radical (unpaired) electrons. The molecule has 0 fully saturated rings. The van der Waals surface area contributed by atoms with Crippen LogP contribution < -0.4 is 0 Å². The summed E-state index contributed by atoms with van der Waals surface area (Å²) in [6, 6.07) is 17.8. The fourth-order valence-electron chi connectivity index (χ4n) is 2.24. The van der Waals surface area contributed by atoms with E-state index in [9.17, 15) is 4.79 Å². The zero-order valence-electron chi connectivity index (χ0n) is 10.6. The number of nitrogens with zero attached hydrogens (tertiary/aromatic N) is 1. The van der Waals surface area contributed by atoms with Crippen molar-refractivity contribution in [1.29, 1.82) is 0 Å². The third kappa shape index (κ3) is 2.13. The summed E-state index contributed by atoms with van der Waals surface area (Å²) in [5.74, 6) is 0.0890. The van der Waals surface area contributed by atoms with Gasteiger partial charge >= 0.3 is 0 Å². The monoisotopic (exact) mass is 247 g/mol. The summed E-state index contributed by atoms with van der Waals surface area (Å²) < 4.78 is 0. The lowest BCUT2D eigenvalue weighted by molar-refractivity contribution is 0.101. The zero-order chi connectivity index (χ0) is 13.2. The lowest BCUT2D eigenvalue weighted by Crippen LogP contribution is -1.91. The Bertz CT molecular complexity index is 739. The average molecular weight is 247 g/mol. The molecule has 1 aromatic heterocycles. The number of aromatic nitrogens is 1. The molecule has 19 heavy (non-hydrogen) atoms. The second-order valence-electron chi connectivity index (χ2n) is 4.51. The predicted molar refractivity (Wildman–Crippen MR) is 77.2 cm³/mol. The highest BCUT2D eigenvalue weighted by Gasteiger charge is 2.05. The number of fused-ring (bicyclic) bond motifs is 1. The van der Waals surface area contributed by atoms with Crippen LogP contribution in [0.4, 0.5) is 0 Å². The Labute approximate surface area is 111 Å². The maximum atomic E-state index is 11.3. The third-order valence-corrected chi connectivity index (χ3v) is 3.25. The minimum Gasteiger partial charge on any atom is -0.295 e. The van der Waals surface area contributed by atoms with E-state index in [1.165, 1.54) is 0 Å². The zero-order valence-corrected chi connectivity index (χ0v) is 10.6. The Morgan fingerprint density at radius 1 is 0.947 bits per heavy atom. The van der Waals surface area contributed by atoms with E-state index in [1.54, 1.807) is 13.1 Å². The van der Waals surface area contributed by atoms with Gasteiger partial charge in [-0.1, -0.05) is 42.5 Å². The molecular formula is C17H13NO. The van der Waals surface area contributed by atoms with Crippen molar-refractivity contribution in [2.75, 3.05) is 0 Å². The van der Waals surface area contributed by atoms with E-state index < -0.39 is 0 Å². The summed E-state index contributed by atoms with van der Waals surface area (Å²) in [6.07, 6.45) is 1.80. The van der Waals surface area contributed by atoms with Gasteiger partial charge < -0.3 is 0 Å². The number of Topliss-reactive ketones (excluding diaryl/α,β-unsaturated/α-hetero) is 1. The number of carbonyl (C=O) groups excluding carboxylic acids is 1. The highest BCUT2D eigenvalue weighted by Crippen LogP contribution is 2.27. The Morgan fingerprint density at radius 2 is 1.74 bits per heavy atom. The van der Waals surface area contributed by atoms with Crippen molar-refractivity contribution < 1.29 is 4.79 Å². The summed E-state index contributed by atoms with van der Waals surface area (Å²) in [7, 11) is 0. The van der Waals surface area contributed by atoms with Gasteiger partial charge in [-0.3, -0.25) is 9.78 Å². The maximum Gasteiger partial charge on any atom is 0.159 e. The molecule has 0 bridgehead atoms. The topological polar surface area (TPSA) is 30.0 Å². The van der Waals surface area contributed by atoms with Gasteiger partial charge in [0.05, 0.1) is 5.52 Å². The van der Waals surface area contributed by atoms with E-state index in [0.717, 1.165) is 27.6 Å². The van der Waals surface area contributed by atoms with Gasteiger partial charge in [-0.2, -0.15) is 0 Å². The first-order valence-electron chi connectivity index (χ1n) is 6.21. The first kappa shape index (κ1) is 11.6. The molecule has 0 saturated carbocycles. The minimum atomic E-state index is 0.0890. The molecule has 3 aromatic rings. The standard InChI is InChI=1S/C17H13NO/c1-12(19)13-7-9-14(10-8-13)15-4-2-6-17-16(15)5-3-11-18-17/h2-11H,1H3. The molecule has 2 aromatic carbocycles. The van der Waals surface area contributed by atoms with Crippen LogP contribution >= 0.6 is 0 Å². The Hall–Kier alpha value is -2.48. The highest BCUT2D eigenvalue weighted by atomic mass is 16.1. The first-order chi connectivity index (χ1) is 9.25. The summed E-state index contributed by atoms with van der Waals surface area (Å²) in [4.78, 5) is 15.7. The van der Waals surface area contributed by atoms with Gasteiger partial charge in [0.25, 0.3) is 0 Å². The van der Waals surface area contributed by atoms with E-state index in [-0.39, 0.29) is 5.78 Å². The van der Waals surface area contributed by atoms with Gasteiger partial charge in [0.15, 0.2) is 5.78 Å². The van der Waals surface area contributed by atoms with Gasteiger partial charge in [-0.05, 0) is 30.2 Å². The number of hydrogen-bond acceptors (Lipinski definition) is 2. The summed E-state index contributed by atoms with van der Waals surface area (Å²) in [6.45, 7) is 1.58. The molecule has 0 unspecified atom stereocenters. The van der Waals surface area contributed by atoms with Crippen molar-refractivity contribution in [2.24, 2.45) is 0 Å². The maximum absolute atomic E-state index is 11.3. The van der Waals surface area contributed by atoms with Gasteiger partial charge in [-0.25, -0.2) is 0 Å². The van der Waals surface area contributed by atoms with Crippen LogP contribution in [0, 0.1) is 0 Å². The van der Waals surface area contributed by atoms with Gasteiger partial charge in [0.1, 0.15) is 0 Å². The molecule has 0 amide bonds. The molecule has 1 heterocycles. The summed E-state index contributed by atoms with van der Waals surface area (Å²) in [5.41, 5.74) is 3.96. The first-order valence-corrected chi connectivity index (χ1v) is 6.21. The van der Waals surface area contributed by atoms with E-state index in [2.05, 4.69) is 17.1 Å². The molecule has 0 aliphatic carbocycles. The van der Waals surface area contributed by atoms with Crippen LogP contribution in [-0.2, 0) is 0 Å². The normalized spacial score (nSPS) is 10.6. The Morgan fingerprint density at radius 3 is 2.47 bits per heavy atom. The minimum absolute atomic E-state index is 0.0890. The van der Waals surface area contributed by atoms with E-state index >= 15 is 0 Å². The molecule has 2 nitrogen and oxygen atoms in total. The van der Waals surface area contributed by atoms with E-state index in [0.29, 0.717) is 0 Å². The highest BCUT2D eigenvalue weighted by molar-refractivity contribution is 5.97. The largest absolute Gasteiger partial charge is 0.295 e. The molecule has 0 spiro atoms. The molecule has 2 heteroatoms. The Kier molecular flexibility index (Phi) is 2.84. The fraction of sp³-hybridized carbons (Fsp3) is 0.0588. The van der Waals surface area contributed by atoms with Crippen LogP contribution in [0.5, 0.6) is 0 Å². The molecule has 92 valence electrons. The van der Waals surface area contributed by atoms with Crippen LogP contribution in [-0.4, -0.2) is 10.8 Å². The van der Waals surface area contributed by atoms with Crippen molar-refractivity contribution in [3.8, 4) is 11.1 Å². The quantitative estimate of drug-likeness (QED) is 0.638. The number of ketones is 1. The summed E-state index contributed by atoms with van der Waals surface area (Å²) in [5, 5.41) is 1.13. The fourth-order valence-corrected chi connectivity index (χ4v) is 2.24. The summed E-state index contributed by atoms with van der Waals surface area (Å²) >= 11 is 0. The van der Waals surface area contributed by atoms with Crippen LogP contribution in [0.25, 0.3) is 22.0 Å². The molecule has 0 aliphatic rings. The number of carbonyl (C=O) groups is 1. The van der Waals surface area contributed by atoms with Gasteiger partial charge in [0, 0.05) is 17.1 Å². The third-order valence-electron chi connectivity index (χ3n) is 3.25. The average Bonchev–Trinajstić information content (AvgIpc) is 2.47. The van der Waals surface area contributed by atoms with Gasteiger partial charge in [0.2, 0.25) is 0 Å². The lowest BCUT2D eigenvalue weighted by Gasteiger charge is -2.06. The second-order valence-corrected chi connectivity index (χ2v) is 4.51. The van der Waals surface area contributed by atoms with Gasteiger partial charge in [-0.15, -0.1) is 0 Å². The smallest absolute Gasteiger partial charge is 0.159 e. The van der Waals surface area contributed by atoms with Crippen molar-refractivity contribution >= 4 is 16.7 Å². The number of pyridine rings is 1. The van der Waals surface area contributed by atoms with E-state index in [4.69, 9.17) is 0 Å². The molecular weight excluding hydrogens is 234 g/mol. The van der Waals surface area contributed by atoms with Crippen LogP contribution in [0.3, 0.4) is 0 Å². The molecule has 0 aliphatic heterocycles. The number of benzene rings is 2. The molecule has 0 N–H and O–H groups in total. The van der Waals surface area contributed by atoms with E-state index in [1.807, 2.05) is 42.5 Å². The SMILES string of the molecule is CC(=O)c1ccc(-c2cccc3ncccc23)cc1. The van der Waals surface area contributed by atoms with Crippen molar-refractivity contribution in [2.45, 2.75) is 6.92 Å². The molecule has 0 saturated heterocycles. The predicted octanol–water partition coefficient (Wildman–Crippen LogP) is 4.10. The Balaban J connectivity index is 2.16. The number of rotatable bonds is 2. The van der Waals surface area contributed by atoms with Crippen LogP contribution in [0.2, 0.25) is 0 Å². The lowest BCUT2D eigenvalue weighted by atomic mass is 9.99. The van der Waals surface area contributed by atoms with Crippen LogP contribution in [0.1, 0.15) is 17.3 Å².